The molecule has 3 heteroatoms. The predicted molar refractivity (Wildman–Crippen MR) is 73.6 cm³/mol. The molecule has 1 fully saturated rings. The molecule has 0 aliphatic heterocycles. The normalized spacial score (nSPS) is 15.1. The van der Waals surface area contributed by atoms with E-state index in [-0.39, 0.29) is 0 Å². The molecule has 0 amide bonds. The molecule has 2 rings (SSSR count). The van der Waals surface area contributed by atoms with E-state index in [9.17, 15) is 5.26 Å². The lowest BCUT2D eigenvalue weighted by molar-refractivity contribution is 0.401. The molecule has 0 bridgehead atoms. The van der Waals surface area contributed by atoms with E-state index in [1.165, 1.54) is 19.3 Å². The fourth-order valence-electron chi connectivity index (χ4n) is 2.17. The number of rotatable bonds is 4. The van der Waals surface area contributed by atoms with Gasteiger partial charge in [-0.15, -0.1) is 11.8 Å². The van der Waals surface area contributed by atoms with Crippen LogP contribution in [0, 0.1) is 11.3 Å². The molecular formula is C14H18N2S. The van der Waals surface area contributed by atoms with Crippen molar-refractivity contribution in [2.75, 3.05) is 17.7 Å². The minimum atomic E-state index is 0.629. The fourth-order valence-corrected chi connectivity index (χ4v) is 2.95. The van der Waals surface area contributed by atoms with Crippen LogP contribution in [0.25, 0.3) is 0 Å². The molecule has 2 nitrogen and oxygen atoms in total. The van der Waals surface area contributed by atoms with Crippen LogP contribution in [0.5, 0.6) is 0 Å². The van der Waals surface area contributed by atoms with Gasteiger partial charge in [-0.05, 0) is 37.1 Å². The van der Waals surface area contributed by atoms with Crippen molar-refractivity contribution in [3.8, 4) is 6.07 Å². The predicted octanol–water partition coefficient (Wildman–Crippen LogP) is 3.66. The minimum absolute atomic E-state index is 0.629. The van der Waals surface area contributed by atoms with E-state index in [2.05, 4.69) is 37.1 Å². The van der Waals surface area contributed by atoms with Gasteiger partial charge in [-0.1, -0.05) is 13.0 Å². The van der Waals surface area contributed by atoms with Crippen LogP contribution < -0.4 is 4.90 Å². The van der Waals surface area contributed by atoms with Crippen molar-refractivity contribution in [2.45, 2.75) is 37.1 Å². The molecule has 1 aromatic rings. The summed E-state index contributed by atoms with van der Waals surface area (Å²) in [6.07, 6.45) is 3.83. The lowest BCUT2D eigenvalue weighted by Crippen LogP contribution is -2.37. The summed E-state index contributed by atoms with van der Waals surface area (Å²) in [7, 11) is 2.11. The molecule has 90 valence electrons. The summed E-state index contributed by atoms with van der Waals surface area (Å²) in [5.74, 6) is 1.01. The summed E-state index contributed by atoms with van der Waals surface area (Å²) in [5, 5.41) is 9.36. The molecule has 1 aromatic carbocycles. The van der Waals surface area contributed by atoms with Gasteiger partial charge in [0.2, 0.25) is 0 Å². The van der Waals surface area contributed by atoms with Gasteiger partial charge < -0.3 is 4.90 Å². The van der Waals surface area contributed by atoms with Gasteiger partial charge in [-0.2, -0.15) is 5.26 Å². The van der Waals surface area contributed by atoms with Gasteiger partial charge in [0.05, 0.1) is 11.3 Å². The molecule has 0 heterocycles. The summed E-state index contributed by atoms with van der Waals surface area (Å²) in [5.41, 5.74) is 1.93. The van der Waals surface area contributed by atoms with Crippen LogP contribution in [-0.2, 0) is 0 Å². The van der Waals surface area contributed by atoms with Crippen molar-refractivity contribution < 1.29 is 0 Å². The Kier molecular flexibility index (Phi) is 3.96. The molecule has 17 heavy (non-hydrogen) atoms. The highest BCUT2D eigenvalue weighted by Crippen LogP contribution is 2.34. The van der Waals surface area contributed by atoms with Crippen molar-refractivity contribution in [3.63, 3.8) is 0 Å². The standard InChI is InChI=1S/C14H18N2S/c1-3-17-14-9-5-8-13(12(14)10-15)16(2)11-6-4-7-11/h5,8-9,11H,3-4,6-7H2,1-2H3. The topological polar surface area (TPSA) is 27.0 Å². The number of thioether (sulfide) groups is 1. The number of benzene rings is 1. The van der Waals surface area contributed by atoms with Gasteiger partial charge in [0.1, 0.15) is 6.07 Å². The Labute approximate surface area is 108 Å². The average Bonchev–Trinajstić information content (AvgIpc) is 2.26. The van der Waals surface area contributed by atoms with Gasteiger partial charge in [-0.3, -0.25) is 0 Å². The third-order valence-corrected chi connectivity index (χ3v) is 4.36. The highest BCUT2D eigenvalue weighted by molar-refractivity contribution is 7.99. The zero-order chi connectivity index (χ0) is 12.3. The molecule has 0 spiro atoms. The van der Waals surface area contributed by atoms with Crippen LogP contribution in [-0.4, -0.2) is 18.8 Å². The number of nitriles is 1. The van der Waals surface area contributed by atoms with Crippen molar-refractivity contribution >= 4 is 17.4 Å². The summed E-state index contributed by atoms with van der Waals surface area (Å²) in [6, 6.07) is 9.17. The third-order valence-electron chi connectivity index (χ3n) is 3.42. The van der Waals surface area contributed by atoms with E-state index >= 15 is 0 Å². The molecule has 0 radical (unpaired) electrons. The van der Waals surface area contributed by atoms with Crippen molar-refractivity contribution in [2.24, 2.45) is 0 Å². The van der Waals surface area contributed by atoms with Crippen LogP contribution in [0.2, 0.25) is 0 Å². The second-order valence-electron chi connectivity index (χ2n) is 4.39. The molecule has 0 atom stereocenters. The van der Waals surface area contributed by atoms with Crippen LogP contribution in [0.3, 0.4) is 0 Å². The Hall–Kier alpha value is -1.14. The number of anilines is 1. The van der Waals surface area contributed by atoms with E-state index in [1.807, 2.05) is 6.07 Å². The van der Waals surface area contributed by atoms with E-state index in [4.69, 9.17) is 0 Å². The summed E-state index contributed by atoms with van der Waals surface area (Å²) >= 11 is 1.75. The Morgan fingerprint density at radius 2 is 2.24 bits per heavy atom. The zero-order valence-electron chi connectivity index (χ0n) is 10.4. The van der Waals surface area contributed by atoms with E-state index in [1.54, 1.807) is 11.8 Å². The second-order valence-corrected chi connectivity index (χ2v) is 5.70. The summed E-state index contributed by atoms with van der Waals surface area (Å²) in [6.45, 7) is 2.12. The first-order valence-corrected chi connectivity index (χ1v) is 7.15. The highest BCUT2D eigenvalue weighted by atomic mass is 32.2. The Bertz CT molecular complexity index is 432. The lowest BCUT2D eigenvalue weighted by atomic mass is 9.91. The molecule has 1 aliphatic rings. The Morgan fingerprint density at radius 1 is 1.47 bits per heavy atom. The average molecular weight is 246 g/mol. The van der Waals surface area contributed by atoms with Gasteiger partial charge in [0, 0.05) is 18.0 Å². The molecule has 0 unspecified atom stereocenters. The van der Waals surface area contributed by atoms with E-state index < -0.39 is 0 Å². The van der Waals surface area contributed by atoms with Crippen molar-refractivity contribution in [3.05, 3.63) is 23.8 Å². The molecule has 0 N–H and O–H groups in total. The summed E-state index contributed by atoms with van der Waals surface area (Å²) < 4.78 is 0. The molecule has 1 saturated carbocycles. The molecule has 0 aromatic heterocycles. The van der Waals surface area contributed by atoms with Crippen LogP contribution in [0.4, 0.5) is 5.69 Å². The summed E-state index contributed by atoms with van der Waals surface area (Å²) in [4.78, 5) is 3.39. The van der Waals surface area contributed by atoms with Gasteiger partial charge >= 0.3 is 0 Å². The minimum Gasteiger partial charge on any atom is -0.371 e. The monoisotopic (exact) mass is 246 g/mol. The van der Waals surface area contributed by atoms with Gasteiger partial charge in [0.25, 0.3) is 0 Å². The maximum absolute atomic E-state index is 9.36. The number of nitrogens with zero attached hydrogens (tertiary/aromatic N) is 2. The Balaban J connectivity index is 2.32. The molecule has 0 saturated heterocycles. The first-order chi connectivity index (χ1) is 8.27. The SMILES string of the molecule is CCSc1cccc(N(C)C2CCC2)c1C#N. The van der Waals surface area contributed by atoms with Crippen LogP contribution in [0.15, 0.2) is 23.1 Å². The molecule has 1 aliphatic carbocycles. The fraction of sp³-hybridized carbons (Fsp3) is 0.500. The lowest BCUT2D eigenvalue weighted by Gasteiger charge is -2.37. The van der Waals surface area contributed by atoms with Gasteiger partial charge in [-0.25, -0.2) is 0 Å². The zero-order valence-corrected chi connectivity index (χ0v) is 11.3. The first kappa shape index (κ1) is 12.3. The van der Waals surface area contributed by atoms with Crippen LogP contribution >= 0.6 is 11.8 Å². The first-order valence-electron chi connectivity index (χ1n) is 6.16. The smallest absolute Gasteiger partial charge is 0.103 e. The quantitative estimate of drug-likeness (QED) is 0.759. The molecular weight excluding hydrogens is 228 g/mol. The highest BCUT2D eigenvalue weighted by Gasteiger charge is 2.24. The second kappa shape index (κ2) is 5.46. The Morgan fingerprint density at radius 3 is 2.76 bits per heavy atom. The van der Waals surface area contributed by atoms with Crippen LogP contribution in [0.1, 0.15) is 31.7 Å². The maximum Gasteiger partial charge on any atom is 0.103 e. The van der Waals surface area contributed by atoms with E-state index in [0.717, 1.165) is 21.9 Å². The largest absolute Gasteiger partial charge is 0.371 e. The van der Waals surface area contributed by atoms with Crippen molar-refractivity contribution in [1.29, 1.82) is 5.26 Å². The van der Waals surface area contributed by atoms with Crippen molar-refractivity contribution in [1.82, 2.24) is 0 Å². The number of hydrogen-bond donors (Lipinski definition) is 0. The van der Waals surface area contributed by atoms with Gasteiger partial charge in [0.15, 0.2) is 0 Å². The number of hydrogen-bond acceptors (Lipinski definition) is 3. The van der Waals surface area contributed by atoms with E-state index in [0.29, 0.717) is 6.04 Å². The third kappa shape index (κ3) is 2.42. The maximum atomic E-state index is 9.36.